The van der Waals surface area contributed by atoms with Gasteiger partial charge in [-0.25, -0.2) is 4.39 Å². The highest BCUT2D eigenvalue weighted by Crippen LogP contribution is 2.08. The normalized spacial score (nSPS) is 10.7. The van der Waals surface area contributed by atoms with E-state index in [2.05, 4.69) is 19.2 Å². The van der Waals surface area contributed by atoms with Crippen molar-refractivity contribution in [3.63, 3.8) is 0 Å². The summed E-state index contributed by atoms with van der Waals surface area (Å²) in [4.78, 5) is 11.4. The van der Waals surface area contributed by atoms with Crippen molar-refractivity contribution in [1.29, 1.82) is 0 Å². The van der Waals surface area contributed by atoms with Gasteiger partial charge < -0.3 is 5.32 Å². The summed E-state index contributed by atoms with van der Waals surface area (Å²) in [5.41, 5.74) is 1.12. The van der Waals surface area contributed by atoms with E-state index in [0.717, 1.165) is 31.4 Å². The third-order valence-corrected chi connectivity index (χ3v) is 2.74. The van der Waals surface area contributed by atoms with Crippen LogP contribution in [0.25, 0.3) is 0 Å². The SMILES string of the molecule is CC(C)CNC(=O)CCCCc1ccc(F)cc1. The van der Waals surface area contributed by atoms with Gasteiger partial charge in [-0.1, -0.05) is 26.0 Å². The molecular weight excluding hydrogens is 229 g/mol. The average Bonchev–Trinajstić information content (AvgIpc) is 2.34. The van der Waals surface area contributed by atoms with Gasteiger partial charge in [-0.3, -0.25) is 4.79 Å². The lowest BCUT2D eigenvalue weighted by molar-refractivity contribution is -0.121. The number of carbonyl (C=O) groups excluding carboxylic acids is 1. The molecule has 0 aliphatic rings. The number of hydrogen-bond acceptors (Lipinski definition) is 1. The quantitative estimate of drug-likeness (QED) is 0.740. The molecule has 0 aliphatic heterocycles. The minimum Gasteiger partial charge on any atom is -0.356 e. The predicted octanol–water partition coefficient (Wildman–Crippen LogP) is 3.31. The van der Waals surface area contributed by atoms with Crippen LogP contribution in [-0.4, -0.2) is 12.5 Å². The molecule has 2 nitrogen and oxygen atoms in total. The van der Waals surface area contributed by atoms with Crippen molar-refractivity contribution in [2.45, 2.75) is 39.5 Å². The zero-order valence-corrected chi connectivity index (χ0v) is 11.2. The first kappa shape index (κ1) is 14.7. The van der Waals surface area contributed by atoms with Crippen molar-refractivity contribution in [2.24, 2.45) is 5.92 Å². The van der Waals surface area contributed by atoms with Crippen LogP contribution < -0.4 is 5.32 Å². The van der Waals surface area contributed by atoms with Crippen molar-refractivity contribution in [2.75, 3.05) is 6.54 Å². The molecular formula is C15H22FNO. The smallest absolute Gasteiger partial charge is 0.220 e. The number of benzene rings is 1. The minimum absolute atomic E-state index is 0.128. The molecule has 0 bridgehead atoms. The van der Waals surface area contributed by atoms with Gasteiger partial charge >= 0.3 is 0 Å². The van der Waals surface area contributed by atoms with Crippen LogP contribution in [0, 0.1) is 11.7 Å². The number of aryl methyl sites for hydroxylation is 1. The summed E-state index contributed by atoms with van der Waals surface area (Å²) in [5, 5.41) is 2.90. The molecule has 0 saturated heterocycles. The van der Waals surface area contributed by atoms with E-state index in [-0.39, 0.29) is 11.7 Å². The van der Waals surface area contributed by atoms with Crippen LogP contribution >= 0.6 is 0 Å². The molecule has 0 aromatic heterocycles. The largest absolute Gasteiger partial charge is 0.356 e. The van der Waals surface area contributed by atoms with Crippen LogP contribution in [0.2, 0.25) is 0 Å². The van der Waals surface area contributed by atoms with E-state index >= 15 is 0 Å². The van der Waals surface area contributed by atoms with Gasteiger partial charge in [0.1, 0.15) is 5.82 Å². The molecule has 1 aromatic rings. The molecule has 0 aliphatic carbocycles. The van der Waals surface area contributed by atoms with Crippen molar-refractivity contribution in [1.82, 2.24) is 5.32 Å². The first-order valence-electron chi connectivity index (χ1n) is 6.59. The van der Waals surface area contributed by atoms with E-state index < -0.39 is 0 Å². The van der Waals surface area contributed by atoms with Crippen LogP contribution in [0.4, 0.5) is 4.39 Å². The Bertz CT molecular complexity index is 359. The van der Waals surface area contributed by atoms with Crippen LogP contribution in [0.15, 0.2) is 24.3 Å². The van der Waals surface area contributed by atoms with Crippen LogP contribution in [-0.2, 0) is 11.2 Å². The summed E-state index contributed by atoms with van der Waals surface area (Å²) in [6, 6.07) is 6.55. The van der Waals surface area contributed by atoms with Crippen molar-refractivity contribution < 1.29 is 9.18 Å². The fourth-order valence-corrected chi connectivity index (χ4v) is 1.67. The lowest BCUT2D eigenvalue weighted by Gasteiger charge is -2.07. The van der Waals surface area contributed by atoms with Gasteiger partial charge in [-0.2, -0.15) is 0 Å². The molecule has 0 heterocycles. The van der Waals surface area contributed by atoms with Gasteiger partial charge in [-0.15, -0.1) is 0 Å². The second-order valence-electron chi connectivity index (χ2n) is 5.03. The van der Waals surface area contributed by atoms with Crippen LogP contribution in [0.5, 0.6) is 0 Å². The number of hydrogen-bond donors (Lipinski definition) is 1. The molecule has 18 heavy (non-hydrogen) atoms. The Kier molecular flexibility index (Phi) is 6.40. The number of halogens is 1. The number of nitrogens with one attached hydrogen (secondary N) is 1. The first-order valence-corrected chi connectivity index (χ1v) is 6.59. The Hall–Kier alpha value is -1.38. The Balaban J connectivity index is 2.11. The highest BCUT2D eigenvalue weighted by Gasteiger charge is 2.02. The molecule has 1 aromatic carbocycles. The van der Waals surface area contributed by atoms with Gasteiger partial charge in [-0.05, 0) is 42.9 Å². The van der Waals surface area contributed by atoms with Crippen molar-refractivity contribution in [3.8, 4) is 0 Å². The van der Waals surface area contributed by atoms with Gasteiger partial charge in [0.05, 0.1) is 0 Å². The number of unbranched alkanes of at least 4 members (excludes halogenated alkanes) is 1. The molecule has 0 spiro atoms. The summed E-state index contributed by atoms with van der Waals surface area (Å²) in [6.45, 7) is 4.90. The molecule has 0 fully saturated rings. The van der Waals surface area contributed by atoms with Gasteiger partial charge in [0.25, 0.3) is 0 Å². The predicted molar refractivity (Wildman–Crippen MR) is 71.8 cm³/mol. The summed E-state index contributed by atoms with van der Waals surface area (Å²) < 4.78 is 12.7. The van der Waals surface area contributed by atoms with Gasteiger partial charge in [0.15, 0.2) is 0 Å². The Labute approximate surface area is 109 Å². The van der Waals surface area contributed by atoms with E-state index in [9.17, 15) is 9.18 Å². The summed E-state index contributed by atoms with van der Waals surface area (Å²) >= 11 is 0. The molecule has 0 saturated carbocycles. The standard InChI is InChI=1S/C15H22FNO/c1-12(2)11-17-15(18)6-4-3-5-13-7-9-14(16)10-8-13/h7-10,12H,3-6,11H2,1-2H3,(H,17,18). The van der Waals surface area contributed by atoms with E-state index in [1.807, 2.05) is 0 Å². The monoisotopic (exact) mass is 251 g/mol. The maximum atomic E-state index is 12.7. The molecule has 1 amide bonds. The molecule has 100 valence electrons. The summed E-state index contributed by atoms with van der Waals surface area (Å²) in [7, 11) is 0. The topological polar surface area (TPSA) is 29.1 Å². The fraction of sp³-hybridized carbons (Fsp3) is 0.533. The van der Waals surface area contributed by atoms with Crippen LogP contribution in [0.1, 0.15) is 38.7 Å². The number of amides is 1. The maximum absolute atomic E-state index is 12.7. The minimum atomic E-state index is -0.202. The molecule has 0 atom stereocenters. The number of rotatable bonds is 7. The zero-order valence-electron chi connectivity index (χ0n) is 11.2. The van der Waals surface area contributed by atoms with E-state index in [1.165, 1.54) is 12.1 Å². The van der Waals surface area contributed by atoms with Gasteiger partial charge in [0, 0.05) is 13.0 Å². The Morgan fingerprint density at radius 1 is 1.22 bits per heavy atom. The molecule has 0 unspecified atom stereocenters. The summed E-state index contributed by atoms with van der Waals surface area (Å²) in [6.07, 6.45) is 3.31. The Morgan fingerprint density at radius 3 is 2.50 bits per heavy atom. The molecule has 0 radical (unpaired) electrons. The second-order valence-corrected chi connectivity index (χ2v) is 5.03. The molecule has 3 heteroatoms. The highest BCUT2D eigenvalue weighted by molar-refractivity contribution is 5.75. The second kappa shape index (κ2) is 7.85. The summed E-state index contributed by atoms with van der Waals surface area (Å²) in [5.74, 6) is 0.419. The van der Waals surface area contributed by atoms with Crippen molar-refractivity contribution in [3.05, 3.63) is 35.6 Å². The highest BCUT2D eigenvalue weighted by atomic mass is 19.1. The zero-order chi connectivity index (χ0) is 13.4. The lowest BCUT2D eigenvalue weighted by Crippen LogP contribution is -2.26. The Morgan fingerprint density at radius 2 is 1.89 bits per heavy atom. The van der Waals surface area contributed by atoms with E-state index in [4.69, 9.17) is 0 Å². The molecule has 1 rings (SSSR count). The first-order chi connectivity index (χ1) is 8.58. The van der Waals surface area contributed by atoms with E-state index in [0.29, 0.717) is 12.3 Å². The van der Waals surface area contributed by atoms with E-state index in [1.54, 1.807) is 12.1 Å². The number of carbonyl (C=O) groups is 1. The van der Waals surface area contributed by atoms with Gasteiger partial charge in [0.2, 0.25) is 5.91 Å². The maximum Gasteiger partial charge on any atom is 0.220 e. The fourth-order valence-electron chi connectivity index (χ4n) is 1.67. The molecule has 1 N–H and O–H groups in total. The third-order valence-electron chi connectivity index (χ3n) is 2.74. The average molecular weight is 251 g/mol. The van der Waals surface area contributed by atoms with Crippen LogP contribution in [0.3, 0.4) is 0 Å². The lowest BCUT2D eigenvalue weighted by atomic mass is 10.1. The van der Waals surface area contributed by atoms with Crippen molar-refractivity contribution >= 4 is 5.91 Å². The third kappa shape index (κ3) is 6.38.